The Kier molecular flexibility index (Phi) is 4.32. The Morgan fingerprint density at radius 1 is 1.53 bits per heavy atom. The van der Waals surface area contributed by atoms with E-state index in [4.69, 9.17) is 29.6 Å². The highest BCUT2D eigenvalue weighted by Crippen LogP contribution is 2.23. The van der Waals surface area contributed by atoms with Gasteiger partial charge in [-0.3, -0.25) is 0 Å². The number of nitrogens with one attached hydrogen (secondary N) is 1. The van der Waals surface area contributed by atoms with Gasteiger partial charge in [0, 0.05) is 22.8 Å². The predicted molar refractivity (Wildman–Crippen MR) is 82.6 cm³/mol. The molecule has 0 aromatic heterocycles. The van der Waals surface area contributed by atoms with Gasteiger partial charge in [-0.05, 0) is 30.5 Å². The molecule has 0 aliphatic carbocycles. The van der Waals surface area contributed by atoms with E-state index in [9.17, 15) is 8.42 Å². The molecule has 0 amide bonds. The Morgan fingerprint density at radius 3 is 2.84 bits per heavy atom. The molecule has 1 aromatic carbocycles. The number of thiocarbonyl (C=S) groups is 1. The van der Waals surface area contributed by atoms with Crippen molar-refractivity contribution in [2.24, 2.45) is 11.7 Å². The average Bonchev–Trinajstić information content (AvgIpc) is 2.66. The Labute approximate surface area is 123 Å². The van der Waals surface area contributed by atoms with E-state index in [0.717, 1.165) is 11.3 Å². The fraction of sp³-hybridized carbons (Fsp3) is 0.417. The van der Waals surface area contributed by atoms with Crippen molar-refractivity contribution in [3.8, 4) is 0 Å². The van der Waals surface area contributed by atoms with E-state index in [1.165, 1.54) is 0 Å². The molecule has 0 spiro atoms. The number of benzene rings is 1. The zero-order valence-corrected chi connectivity index (χ0v) is 12.6. The molecule has 3 N–H and O–H groups in total. The number of hydrogen-bond donors (Lipinski definition) is 2. The molecule has 4 nitrogen and oxygen atoms in total. The predicted octanol–water partition coefficient (Wildman–Crippen LogP) is 1.82. The lowest BCUT2D eigenvalue weighted by atomic mass is 10.1. The van der Waals surface area contributed by atoms with Crippen LogP contribution in [-0.4, -0.2) is 31.5 Å². The molecule has 1 atom stereocenters. The van der Waals surface area contributed by atoms with Gasteiger partial charge in [-0.25, -0.2) is 8.42 Å². The number of anilines is 1. The molecule has 1 aliphatic heterocycles. The van der Waals surface area contributed by atoms with Crippen LogP contribution in [0.3, 0.4) is 0 Å². The molecule has 19 heavy (non-hydrogen) atoms. The van der Waals surface area contributed by atoms with Crippen molar-refractivity contribution >= 4 is 44.3 Å². The lowest BCUT2D eigenvalue weighted by Gasteiger charge is -2.14. The molecule has 2 rings (SSSR count). The second-order valence-electron chi connectivity index (χ2n) is 4.70. The van der Waals surface area contributed by atoms with Gasteiger partial charge in [-0.15, -0.1) is 0 Å². The normalized spacial score (nSPS) is 21.2. The summed E-state index contributed by atoms with van der Waals surface area (Å²) < 4.78 is 22.8. The van der Waals surface area contributed by atoms with Gasteiger partial charge in [0.05, 0.1) is 11.5 Å². The first kappa shape index (κ1) is 14.6. The van der Waals surface area contributed by atoms with Crippen LogP contribution in [0.4, 0.5) is 5.69 Å². The van der Waals surface area contributed by atoms with E-state index < -0.39 is 9.84 Å². The van der Waals surface area contributed by atoms with Gasteiger partial charge in [-0.1, -0.05) is 23.8 Å². The fourth-order valence-corrected chi connectivity index (χ4v) is 4.38. The zero-order valence-electron chi connectivity index (χ0n) is 10.2. The van der Waals surface area contributed by atoms with Gasteiger partial charge in [-0.2, -0.15) is 0 Å². The van der Waals surface area contributed by atoms with Gasteiger partial charge in [0.1, 0.15) is 4.99 Å². The molecule has 0 radical (unpaired) electrons. The highest BCUT2D eigenvalue weighted by atomic mass is 35.5. The Hall–Kier alpha value is -0.850. The van der Waals surface area contributed by atoms with E-state index in [1.807, 2.05) is 0 Å². The van der Waals surface area contributed by atoms with E-state index >= 15 is 0 Å². The zero-order chi connectivity index (χ0) is 14.0. The minimum atomic E-state index is -2.85. The molecule has 1 heterocycles. The van der Waals surface area contributed by atoms with E-state index in [-0.39, 0.29) is 17.4 Å². The van der Waals surface area contributed by atoms with E-state index in [1.54, 1.807) is 18.2 Å². The highest BCUT2D eigenvalue weighted by Gasteiger charge is 2.27. The van der Waals surface area contributed by atoms with Crippen molar-refractivity contribution in [2.75, 3.05) is 23.4 Å². The van der Waals surface area contributed by atoms with E-state index in [2.05, 4.69) is 5.32 Å². The molecular formula is C12H15ClN2O2S2. The maximum atomic E-state index is 11.4. The first-order valence-corrected chi connectivity index (χ1v) is 8.52. The summed E-state index contributed by atoms with van der Waals surface area (Å²) in [5.74, 6) is 0.642. The number of rotatable bonds is 4. The Morgan fingerprint density at radius 2 is 2.26 bits per heavy atom. The molecule has 0 bridgehead atoms. The van der Waals surface area contributed by atoms with Gasteiger partial charge < -0.3 is 11.1 Å². The highest BCUT2D eigenvalue weighted by molar-refractivity contribution is 7.91. The first-order chi connectivity index (χ1) is 8.87. The van der Waals surface area contributed by atoms with Crippen LogP contribution in [0.2, 0.25) is 5.02 Å². The van der Waals surface area contributed by atoms with Gasteiger partial charge in [0.15, 0.2) is 9.84 Å². The topological polar surface area (TPSA) is 72.2 Å². The van der Waals surface area contributed by atoms with Crippen LogP contribution in [-0.2, 0) is 9.84 Å². The number of hydrogen-bond acceptors (Lipinski definition) is 4. The monoisotopic (exact) mass is 318 g/mol. The van der Waals surface area contributed by atoms with Crippen LogP contribution in [0.25, 0.3) is 0 Å². The van der Waals surface area contributed by atoms with Crippen molar-refractivity contribution in [1.29, 1.82) is 0 Å². The lowest BCUT2D eigenvalue weighted by Crippen LogP contribution is -2.18. The molecule has 1 fully saturated rings. The summed E-state index contributed by atoms with van der Waals surface area (Å²) in [6, 6.07) is 5.24. The SMILES string of the molecule is NC(=S)c1ccc(Cl)cc1NCC1CCS(=O)(=O)C1. The fourth-order valence-electron chi connectivity index (χ4n) is 2.16. The molecule has 104 valence electrons. The van der Waals surface area contributed by atoms with Crippen molar-refractivity contribution in [3.63, 3.8) is 0 Å². The summed E-state index contributed by atoms with van der Waals surface area (Å²) in [5, 5.41) is 3.78. The third-order valence-electron chi connectivity index (χ3n) is 3.16. The van der Waals surface area contributed by atoms with Crippen LogP contribution in [0.15, 0.2) is 18.2 Å². The second-order valence-corrected chi connectivity index (χ2v) is 7.81. The van der Waals surface area contributed by atoms with Gasteiger partial charge in [0.2, 0.25) is 0 Å². The minimum absolute atomic E-state index is 0.128. The molecular weight excluding hydrogens is 304 g/mol. The Balaban J connectivity index is 2.07. The summed E-state index contributed by atoms with van der Waals surface area (Å²) in [7, 11) is -2.85. The second kappa shape index (κ2) is 5.64. The quantitative estimate of drug-likeness (QED) is 0.829. The summed E-state index contributed by atoms with van der Waals surface area (Å²) in [6.45, 7) is 0.579. The Bertz CT molecular complexity index is 602. The van der Waals surface area contributed by atoms with Crippen LogP contribution < -0.4 is 11.1 Å². The molecule has 1 saturated heterocycles. The molecule has 1 aliphatic rings. The van der Waals surface area contributed by atoms with Crippen molar-refractivity contribution in [2.45, 2.75) is 6.42 Å². The van der Waals surface area contributed by atoms with Gasteiger partial charge in [0.25, 0.3) is 0 Å². The number of nitrogens with two attached hydrogens (primary N) is 1. The third-order valence-corrected chi connectivity index (χ3v) is 5.45. The van der Waals surface area contributed by atoms with Crippen LogP contribution in [0.1, 0.15) is 12.0 Å². The first-order valence-electron chi connectivity index (χ1n) is 5.91. The lowest BCUT2D eigenvalue weighted by molar-refractivity contribution is 0.596. The van der Waals surface area contributed by atoms with Crippen LogP contribution >= 0.6 is 23.8 Å². The molecule has 1 aromatic rings. The molecule has 7 heteroatoms. The number of sulfone groups is 1. The van der Waals surface area contributed by atoms with Crippen molar-refractivity contribution < 1.29 is 8.42 Å². The third kappa shape index (κ3) is 3.81. The van der Waals surface area contributed by atoms with Crippen molar-refractivity contribution in [3.05, 3.63) is 28.8 Å². The summed E-state index contributed by atoms with van der Waals surface area (Å²) in [6.07, 6.45) is 0.693. The molecule has 0 saturated carbocycles. The van der Waals surface area contributed by atoms with Crippen molar-refractivity contribution in [1.82, 2.24) is 0 Å². The largest absolute Gasteiger partial charge is 0.389 e. The van der Waals surface area contributed by atoms with Crippen LogP contribution in [0.5, 0.6) is 0 Å². The minimum Gasteiger partial charge on any atom is -0.389 e. The van der Waals surface area contributed by atoms with Crippen LogP contribution in [0, 0.1) is 5.92 Å². The summed E-state index contributed by atoms with van der Waals surface area (Å²) >= 11 is 10.9. The maximum Gasteiger partial charge on any atom is 0.150 e. The maximum absolute atomic E-state index is 11.4. The standard InChI is InChI=1S/C12H15ClN2O2S2/c13-9-1-2-10(12(14)18)11(5-9)15-6-8-3-4-19(16,17)7-8/h1-2,5,8,15H,3-4,6-7H2,(H2,14,18). The van der Waals surface area contributed by atoms with E-state index in [0.29, 0.717) is 23.0 Å². The number of halogens is 1. The van der Waals surface area contributed by atoms with Gasteiger partial charge >= 0.3 is 0 Å². The molecule has 1 unspecified atom stereocenters. The average molecular weight is 319 g/mol. The summed E-state index contributed by atoms with van der Waals surface area (Å²) in [5.41, 5.74) is 7.12. The smallest absolute Gasteiger partial charge is 0.150 e. The summed E-state index contributed by atoms with van der Waals surface area (Å²) in [4.78, 5) is 0.290.